The van der Waals surface area contributed by atoms with E-state index in [1.54, 1.807) is 0 Å². The Hall–Kier alpha value is -0.870. The number of nitrogens with one attached hydrogen (secondary N) is 1. The Kier molecular flexibility index (Phi) is 2.92. The third-order valence-electron chi connectivity index (χ3n) is 4.15. The number of nitrogens with zero attached hydrogens (tertiary/aromatic N) is 3. The molecule has 1 saturated heterocycles. The van der Waals surface area contributed by atoms with Crippen molar-refractivity contribution in [3.63, 3.8) is 0 Å². The van der Waals surface area contributed by atoms with E-state index in [-0.39, 0.29) is 0 Å². The summed E-state index contributed by atoms with van der Waals surface area (Å²) >= 11 is 0. The van der Waals surface area contributed by atoms with Crippen molar-refractivity contribution in [2.45, 2.75) is 31.7 Å². The first-order chi connectivity index (χ1) is 8.25. The number of piperidine rings is 1. The van der Waals surface area contributed by atoms with Crippen LogP contribution in [0.3, 0.4) is 0 Å². The van der Waals surface area contributed by atoms with Crippen LogP contribution in [-0.4, -0.2) is 41.1 Å². The van der Waals surface area contributed by atoms with Gasteiger partial charge in [-0.25, -0.2) is 4.98 Å². The van der Waals surface area contributed by atoms with Crippen molar-refractivity contribution in [3.05, 3.63) is 17.2 Å². The van der Waals surface area contributed by atoms with Gasteiger partial charge in [0.05, 0.1) is 5.69 Å². The standard InChI is InChI=1S/C13H22N4/c1-16-7-3-4-10(9-16)13-15-11-8-14-6-5-12(11)17(13)2/h10,14H,3-9H2,1-2H3. The van der Waals surface area contributed by atoms with Crippen molar-refractivity contribution in [1.82, 2.24) is 19.8 Å². The van der Waals surface area contributed by atoms with Crippen molar-refractivity contribution in [2.24, 2.45) is 7.05 Å². The molecule has 2 aliphatic rings. The third-order valence-corrected chi connectivity index (χ3v) is 4.15. The van der Waals surface area contributed by atoms with E-state index in [9.17, 15) is 0 Å². The molecule has 4 heteroatoms. The summed E-state index contributed by atoms with van der Waals surface area (Å²) in [4.78, 5) is 7.31. The lowest BCUT2D eigenvalue weighted by molar-refractivity contribution is 0.243. The summed E-state index contributed by atoms with van der Waals surface area (Å²) in [5.74, 6) is 1.94. The van der Waals surface area contributed by atoms with Gasteiger partial charge >= 0.3 is 0 Å². The van der Waals surface area contributed by atoms with Gasteiger partial charge in [-0.1, -0.05) is 0 Å². The molecule has 1 aromatic heterocycles. The lowest BCUT2D eigenvalue weighted by Crippen LogP contribution is -2.32. The minimum absolute atomic E-state index is 0.629. The second-order valence-electron chi connectivity index (χ2n) is 5.45. The largest absolute Gasteiger partial charge is 0.334 e. The summed E-state index contributed by atoms with van der Waals surface area (Å²) in [7, 11) is 4.41. The van der Waals surface area contributed by atoms with Crippen molar-refractivity contribution in [3.8, 4) is 0 Å². The number of hydrogen-bond donors (Lipinski definition) is 1. The van der Waals surface area contributed by atoms with Gasteiger partial charge in [-0.3, -0.25) is 0 Å². The molecule has 1 N–H and O–H groups in total. The van der Waals surface area contributed by atoms with Crippen molar-refractivity contribution < 1.29 is 0 Å². The van der Waals surface area contributed by atoms with E-state index >= 15 is 0 Å². The van der Waals surface area contributed by atoms with Gasteiger partial charge in [-0.2, -0.15) is 0 Å². The molecular formula is C13H22N4. The number of likely N-dealkylation sites (tertiary alicyclic amines) is 1. The smallest absolute Gasteiger partial charge is 0.113 e. The molecule has 0 bridgehead atoms. The average Bonchev–Trinajstić information content (AvgIpc) is 2.68. The van der Waals surface area contributed by atoms with Crippen molar-refractivity contribution >= 4 is 0 Å². The Balaban J connectivity index is 1.89. The summed E-state index contributed by atoms with van der Waals surface area (Å²) in [5.41, 5.74) is 2.73. The molecule has 1 fully saturated rings. The molecule has 3 rings (SSSR count). The van der Waals surface area contributed by atoms with Crippen LogP contribution >= 0.6 is 0 Å². The maximum absolute atomic E-state index is 4.88. The van der Waals surface area contributed by atoms with E-state index in [0.29, 0.717) is 5.92 Å². The fourth-order valence-electron chi connectivity index (χ4n) is 3.22. The molecule has 17 heavy (non-hydrogen) atoms. The van der Waals surface area contributed by atoms with E-state index < -0.39 is 0 Å². The molecule has 94 valence electrons. The highest BCUT2D eigenvalue weighted by Gasteiger charge is 2.26. The zero-order valence-corrected chi connectivity index (χ0v) is 10.9. The summed E-state index contributed by atoms with van der Waals surface area (Å²) < 4.78 is 2.36. The Bertz CT molecular complexity index is 410. The van der Waals surface area contributed by atoms with Crippen molar-refractivity contribution in [1.29, 1.82) is 0 Å². The molecule has 0 radical (unpaired) electrons. The van der Waals surface area contributed by atoms with E-state index in [1.807, 2.05) is 0 Å². The molecular weight excluding hydrogens is 212 g/mol. The summed E-state index contributed by atoms with van der Waals surface area (Å²) in [6, 6.07) is 0. The Labute approximate surface area is 103 Å². The minimum atomic E-state index is 0.629. The first kappa shape index (κ1) is 11.2. The van der Waals surface area contributed by atoms with Gasteiger partial charge in [0, 0.05) is 44.7 Å². The van der Waals surface area contributed by atoms with Crippen LogP contribution in [0.1, 0.15) is 36.0 Å². The number of fused-ring (bicyclic) bond motifs is 1. The molecule has 0 saturated carbocycles. The SMILES string of the molecule is CN1CCCC(c2nc3c(n2C)CCNC3)C1. The lowest BCUT2D eigenvalue weighted by Gasteiger charge is -2.29. The number of imidazole rings is 1. The Morgan fingerprint density at radius 2 is 2.24 bits per heavy atom. The van der Waals surface area contributed by atoms with E-state index in [2.05, 4.69) is 28.9 Å². The predicted octanol–water partition coefficient (Wildman–Crippen LogP) is 0.875. The molecule has 0 amide bonds. The number of rotatable bonds is 1. The van der Waals surface area contributed by atoms with Gasteiger partial charge < -0.3 is 14.8 Å². The Morgan fingerprint density at radius 1 is 1.35 bits per heavy atom. The van der Waals surface area contributed by atoms with Crippen LogP contribution < -0.4 is 5.32 Å². The van der Waals surface area contributed by atoms with Crippen LogP contribution in [-0.2, 0) is 20.0 Å². The predicted molar refractivity (Wildman–Crippen MR) is 68.1 cm³/mol. The molecule has 0 aliphatic carbocycles. The second kappa shape index (κ2) is 4.42. The molecule has 2 aliphatic heterocycles. The van der Waals surface area contributed by atoms with E-state index in [0.717, 1.165) is 26.1 Å². The molecule has 1 aromatic rings. The maximum atomic E-state index is 4.88. The highest BCUT2D eigenvalue weighted by molar-refractivity contribution is 5.22. The third kappa shape index (κ3) is 2.00. The quantitative estimate of drug-likeness (QED) is 0.783. The lowest BCUT2D eigenvalue weighted by atomic mass is 9.98. The Morgan fingerprint density at radius 3 is 3.00 bits per heavy atom. The second-order valence-corrected chi connectivity index (χ2v) is 5.45. The van der Waals surface area contributed by atoms with Gasteiger partial charge in [0.2, 0.25) is 0 Å². The number of hydrogen-bond acceptors (Lipinski definition) is 3. The van der Waals surface area contributed by atoms with Crippen LogP contribution in [0.25, 0.3) is 0 Å². The van der Waals surface area contributed by atoms with Crippen LogP contribution in [0.15, 0.2) is 0 Å². The van der Waals surface area contributed by atoms with Crippen molar-refractivity contribution in [2.75, 3.05) is 26.7 Å². The van der Waals surface area contributed by atoms with E-state index in [1.165, 1.54) is 36.6 Å². The van der Waals surface area contributed by atoms with Gasteiger partial charge in [-0.05, 0) is 26.4 Å². The minimum Gasteiger partial charge on any atom is -0.334 e. The fraction of sp³-hybridized carbons (Fsp3) is 0.769. The molecule has 3 heterocycles. The van der Waals surface area contributed by atoms with E-state index in [4.69, 9.17) is 4.98 Å². The normalized spacial score (nSPS) is 25.9. The summed E-state index contributed by atoms with van der Waals surface area (Å²) in [6.45, 7) is 4.45. The highest BCUT2D eigenvalue weighted by Crippen LogP contribution is 2.27. The first-order valence-corrected chi connectivity index (χ1v) is 6.69. The first-order valence-electron chi connectivity index (χ1n) is 6.69. The topological polar surface area (TPSA) is 33.1 Å². The zero-order valence-electron chi connectivity index (χ0n) is 10.9. The molecule has 1 unspecified atom stereocenters. The van der Waals surface area contributed by atoms with Gasteiger partial charge in [0.25, 0.3) is 0 Å². The van der Waals surface area contributed by atoms with Gasteiger partial charge in [-0.15, -0.1) is 0 Å². The maximum Gasteiger partial charge on any atom is 0.113 e. The average molecular weight is 234 g/mol. The number of likely N-dealkylation sites (N-methyl/N-ethyl adjacent to an activating group) is 1. The molecule has 1 atom stereocenters. The molecule has 0 aromatic carbocycles. The highest BCUT2D eigenvalue weighted by atomic mass is 15.1. The fourth-order valence-corrected chi connectivity index (χ4v) is 3.22. The molecule has 0 spiro atoms. The monoisotopic (exact) mass is 234 g/mol. The van der Waals surface area contributed by atoms with Crippen LogP contribution in [0.4, 0.5) is 0 Å². The van der Waals surface area contributed by atoms with Gasteiger partial charge in [0.15, 0.2) is 0 Å². The van der Waals surface area contributed by atoms with Crippen LogP contribution in [0, 0.1) is 0 Å². The van der Waals surface area contributed by atoms with Crippen LogP contribution in [0.2, 0.25) is 0 Å². The van der Waals surface area contributed by atoms with Crippen LogP contribution in [0.5, 0.6) is 0 Å². The zero-order chi connectivity index (χ0) is 11.8. The molecule has 4 nitrogen and oxygen atoms in total. The summed E-state index contributed by atoms with van der Waals surface area (Å²) in [5, 5.41) is 3.41. The number of aromatic nitrogens is 2. The van der Waals surface area contributed by atoms with Gasteiger partial charge in [0.1, 0.15) is 5.82 Å². The summed E-state index contributed by atoms with van der Waals surface area (Å²) in [6.07, 6.45) is 3.72.